The molecule has 1 saturated carbocycles. The number of aliphatic imine (C=N–C) groups is 1. The van der Waals surface area contributed by atoms with Gasteiger partial charge >= 0.3 is 0 Å². The highest BCUT2D eigenvalue weighted by atomic mass is 16.1. The molecule has 0 aromatic heterocycles. The van der Waals surface area contributed by atoms with E-state index >= 15 is 0 Å². The molecule has 0 aliphatic heterocycles. The number of carbonyl (C=O) groups is 1. The van der Waals surface area contributed by atoms with Crippen molar-refractivity contribution < 1.29 is 4.79 Å². The molecule has 1 aliphatic rings. The predicted molar refractivity (Wildman–Crippen MR) is 66.9 cm³/mol. The Morgan fingerprint density at radius 2 is 2.19 bits per heavy atom. The molecule has 1 unspecified atom stereocenters. The van der Waals surface area contributed by atoms with Crippen molar-refractivity contribution in [2.75, 3.05) is 27.7 Å². The van der Waals surface area contributed by atoms with E-state index in [1.165, 1.54) is 25.7 Å². The first-order valence-electron chi connectivity index (χ1n) is 6.02. The SMILES string of the molecule is CN=CC1CCCC[C@@H]1N(C)CC(=O)NC. The van der Waals surface area contributed by atoms with Crippen LogP contribution < -0.4 is 5.32 Å². The quantitative estimate of drug-likeness (QED) is 0.723. The lowest BCUT2D eigenvalue weighted by atomic mass is 9.84. The van der Waals surface area contributed by atoms with Crippen LogP contribution in [0.4, 0.5) is 0 Å². The number of amides is 1. The first-order chi connectivity index (χ1) is 7.69. The van der Waals surface area contributed by atoms with Crippen LogP contribution in [-0.2, 0) is 4.79 Å². The van der Waals surface area contributed by atoms with E-state index in [0.29, 0.717) is 18.5 Å². The van der Waals surface area contributed by atoms with Gasteiger partial charge < -0.3 is 10.3 Å². The van der Waals surface area contributed by atoms with Crippen LogP contribution in [-0.4, -0.2) is 50.8 Å². The Balaban J connectivity index is 2.56. The minimum absolute atomic E-state index is 0.0836. The van der Waals surface area contributed by atoms with Crippen molar-refractivity contribution in [3.05, 3.63) is 0 Å². The Labute approximate surface area is 98.1 Å². The lowest BCUT2D eigenvalue weighted by Gasteiger charge is -2.35. The molecule has 0 heterocycles. The average molecular weight is 225 g/mol. The van der Waals surface area contributed by atoms with Gasteiger partial charge in [-0.05, 0) is 19.9 Å². The van der Waals surface area contributed by atoms with Crippen molar-refractivity contribution in [3.8, 4) is 0 Å². The summed E-state index contributed by atoms with van der Waals surface area (Å²) in [5, 5.41) is 2.67. The van der Waals surface area contributed by atoms with Gasteiger partial charge in [-0.3, -0.25) is 9.69 Å². The second kappa shape index (κ2) is 6.63. The number of nitrogens with zero attached hydrogens (tertiary/aromatic N) is 2. The highest BCUT2D eigenvalue weighted by molar-refractivity contribution is 5.77. The summed E-state index contributed by atoms with van der Waals surface area (Å²) < 4.78 is 0. The molecule has 1 N–H and O–H groups in total. The monoisotopic (exact) mass is 225 g/mol. The first kappa shape index (κ1) is 13.2. The molecule has 1 aliphatic carbocycles. The number of nitrogens with one attached hydrogen (secondary N) is 1. The number of carbonyl (C=O) groups excluding carboxylic acids is 1. The van der Waals surface area contributed by atoms with E-state index in [1.54, 1.807) is 7.05 Å². The molecule has 0 aromatic carbocycles. The second-order valence-electron chi connectivity index (χ2n) is 4.51. The second-order valence-corrected chi connectivity index (χ2v) is 4.51. The van der Waals surface area contributed by atoms with Crippen LogP contribution in [0.5, 0.6) is 0 Å². The average Bonchev–Trinajstić information content (AvgIpc) is 2.30. The Kier molecular flexibility index (Phi) is 5.46. The maximum Gasteiger partial charge on any atom is 0.233 e. The minimum Gasteiger partial charge on any atom is -0.358 e. The molecule has 1 amide bonds. The maximum atomic E-state index is 11.3. The molecule has 16 heavy (non-hydrogen) atoms. The highest BCUT2D eigenvalue weighted by Crippen LogP contribution is 2.26. The molecule has 1 fully saturated rings. The fourth-order valence-corrected chi connectivity index (χ4v) is 2.48. The molecular weight excluding hydrogens is 202 g/mol. The molecule has 0 spiro atoms. The van der Waals surface area contributed by atoms with Gasteiger partial charge in [-0.25, -0.2) is 0 Å². The molecule has 1 rings (SSSR count). The van der Waals surface area contributed by atoms with E-state index in [9.17, 15) is 4.79 Å². The smallest absolute Gasteiger partial charge is 0.233 e. The first-order valence-corrected chi connectivity index (χ1v) is 6.02. The lowest BCUT2D eigenvalue weighted by Crippen LogP contribution is -2.45. The zero-order valence-corrected chi connectivity index (χ0v) is 10.6. The summed E-state index contributed by atoms with van der Waals surface area (Å²) in [6.07, 6.45) is 6.95. The summed E-state index contributed by atoms with van der Waals surface area (Å²) in [4.78, 5) is 17.6. The van der Waals surface area contributed by atoms with Crippen LogP contribution >= 0.6 is 0 Å². The van der Waals surface area contributed by atoms with Gasteiger partial charge in [0.15, 0.2) is 0 Å². The molecular formula is C12H23N3O. The summed E-state index contributed by atoms with van der Waals surface area (Å²) in [5.74, 6) is 0.591. The van der Waals surface area contributed by atoms with E-state index < -0.39 is 0 Å². The summed E-state index contributed by atoms with van der Waals surface area (Å²) in [6.45, 7) is 0.481. The Hall–Kier alpha value is -0.900. The van der Waals surface area contributed by atoms with E-state index in [1.807, 2.05) is 20.3 Å². The van der Waals surface area contributed by atoms with Crippen LogP contribution in [0.3, 0.4) is 0 Å². The molecule has 0 saturated heterocycles. The van der Waals surface area contributed by atoms with Crippen molar-refractivity contribution >= 4 is 12.1 Å². The van der Waals surface area contributed by atoms with Crippen molar-refractivity contribution in [1.29, 1.82) is 0 Å². The number of rotatable bonds is 4. The molecule has 4 nitrogen and oxygen atoms in total. The summed E-state index contributed by atoms with van der Waals surface area (Å²) in [5.41, 5.74) is 0. The van der Waals surface area contributed by atoms with Crippen LogP contribution in [0.15, 0.2) is 4.99 Å². The predicted octanol–water partition coefficient (Wildman–Crippen LogP) is 0.924. The van der Waals surface area contributed by atoms with Crippen molar-refractivity contribution in [1.82, 2.24) is 10.2 Å². The fraction of sp³-hybridized carbons (Fsp3) is 0.833. The Morgan fingerprint density at radius 1 is 1.50 bits per heavy atom. The zero-order chi connectivity index (χ0) is 12.0. The van der Waals surface area contributed by atoms with Crippen LogP contribution in [0.25, 0.3) is 0 Å². The van der Waals surface area contributed by atoms with Gasteiger partial charge in [0.25, 0.3) is 0 Å². The summed E-state index contributed by atoms with van der Waals surface area (Å²) in [7, 11) is 5.54. The number of likely N-dealkylation sites (N-methyl/N-ethyl adjacent to an activating group) is 2. The normalized spacial score (nSPS) is 26.2. The number of hydrogen-bond acceptors (Lipinski definition) is 3. The number of hydrogen-bond donors (Lipinski definition) is 1. The van der Waals surface area contributed by atoms with E-state index in [0.717, 1.165) is 0 Å². The summed E-state index contributed by atoms with van der Waals surface area (Å²) in [6, 6.07) is 0.467. The van der Waals surface area contributed by atoms with Crippen molar-refractivity contribution in [3.63, 3.8) is 0 Å². The van der Waals surface area contributed by atoms with Gasteiger partial charge in [-0.1, -0.05) is 12.8 Å². The van der Waals surface area contributed by atoms with Gasteiger partial charge in [0.2, 0.25) is 5.91 Å². The minimum atomic E-state index is 0.0836. The van der Waals surface area contributed by atoms with Gasteiger partial charge in [0.05, 0.1) is 6.54 Å². The third kappa shape index (κ3) is 3.59. The molecule has 4 heteroatoms. The molecule has 0 aromatic rings. The third-order valence-electron chi connectivity index (χ3n) is 3.36. The topological polar surface area (TPSA) is 44.7 Å². The Morgan fingerprint density at radius 3 is 2.81 bits per heavy atom. The van der Waals surface area contributed by atoms with Gasteiger partial charge in [-0.2, -0.15) is 0 Å². The zero-order valence-electron chi connectivity index (χ0n) is 10.6. The standard InChI is InChI=1S/C12H23N3O/c1-13-8-10-6-4-5-7-11(10)15(3)9-12(16)14-2/h8,10-11H,4-7,9H2,1-3H3,(H,14,16)/t10?,11-/m0/s1. The van der Waals surface area contributed by atoms with Gasteiger partial charge in [0, 0.05) is 32.3 Å². The highest BCUT2D eigenvalue weighted by Gasteiger charge is 2.27. The maximum absolute atomic E-state index is 11.3. The summed E-state index contributed by atoms with van der Waals surface area (Å²) >= 11 is 0. The van der Waals surface area contributed by atoms with Crippen LogP contribution in [0.2, 0.25) is 0 Å². The largest absolute Gasteiger partial charge is 0.358 e. The molecule has 0 radical (unpaired) electrons. The van der Waals surface area contributed by atoms with E-state index in [2.05, 4.69) is 15.2 Å². The van der Waals surface area contributed by atoms with E-state index in [4.69, 9.17) is 0 Å². The van der Waals surface area contributed by atoms with Crippen molar-refractivity contribution in [2.45, 2.75) is 31.7 Å². The Bertz CT molecular complexity index is 253. The van der Waals surface area contributed by atoms with Crippen LogP contribution in [0.1, 0.15) is 25.7 Å². The lowest BCUT2D eigenvalue weighted by molar-refractivity contribution is -0.122. The van der Waals surface area contributed by atoms with Crippen LogP contribution in [0, 0.1) is 5.92 Å². The third-order valence-corrected chi connectivity index (χ3v) is 3.36. The van der Waals surface area contributed by atoms with E-state index in [-0.39, 0.29) is 5.91 Å². The molecule has 92 valence electrons. The fourth-order valence-electron chi connectivity index (χ4n) is 2.48. The van der Waals surface area contributed by atoms with Gasteiger partial charge in [0.1, 0.15) is 0 Å². The van der Waals surface area contributed by atoms with Gasteiger partial charge in [-0.15, -0.1) is 0 Å². The van der Waals surface area contributed by atoms with Crippen molar-refractivity contribution in [2.24, 2.45) is 10.9 Å². The molecule has 0 bridgehead atoms. The molecule has 2 atom stereocenters.